The Morgan fingerprint density at radius 2 is 0.439 bits per heavy atom. The molecule has 82 heavy (non-hydrogen) atoms. The van der Waals surface area contributed by atoms with E-state index in [-0.39, 0.29) is 31.1 Å². The van der Waals surface area contributed by atoms with Crippen molar-refractivity contribution in [3.8, 4) is 0 Å². The van der Waals surface area contributed by atoms with Crippen LogP contribution in [0.5, 0.6) is 0 Å². The standard InChI is InChI=1S/C76H138O6/c1-4-7-10-13-16-19-22-25-28-30-31-32-33-34-35-36-37-38-39-40-41-42-43-44-45-47-48-51-54-57-60-63-66-69-75(78)81-72-73(71-80-74(77)68-65-62-59-56-53-50-27-24-21-18-15-12-9-6-3)82-76(79)70-67-64-61-58-55-52-49-46-29-26-23-20-17-14-11-8-5-2/h22,24-27,29-31,33-34,73H,4-21,23,28,32,35-72H2,1-3H3/b25-22-,27-24-,29-26-,31-30-,34-33-. The zero-order chi connectivity index (χ0) is 59.2. The first-order valence-electron chi connectivity index (χ1n) is 36.3. The third-order valence-electron chi connectivity index (χ3n) is 16.2. The summed E-state index contributed by atoms with van der Waals surface area (Å²) in [7, 11) is 0. The molecule has 6 nitrogen and oxygen atoms in total. The van der Waals surface area contributed by atoms with Crippen molar-refractivity contribution < 1.29 is 28.6 Å². The number of carbonyl (C=O) groups is 3. The second kappa shape index (κ2) is 70.6. The molecule has 0 rings (SSSR count). The van der Waals surface area contributed by atoms with Gasteiger partial charge < -0.3 is 14.2 Å². The summed E-state index contributed by atoms with van der Waals surface area (Å²) in [6.07, 6.45) is 91.2. The van der Waals surface area contributed by atoms with Gasteiger partial charge in [-0.2, -0.15) is 0 Å². The van der Waals surface area contributed by atoms with E-state index >= 15 is 0 Å². The first-order valence-corrected chi connectivity index (χ1v) is 36.3. The quantitative estimate of drug-likeness (QED) is 0.0261. The van der Waals surface area contributed by atoms with Crippen LogP contribution in [0.3, 0.4) is 0 Å². The lowest BCUT2D eigenvalue weighted by Crippen LogP contribution is -2.30. The zero-order valence-corrected chi connectivity index (χ0v) is 55.0. The van der Waals surface area contributed by atoms with Crippen molar-refractivity contribution in [3.63, 3.8) is 0 Å². The van der Waals surface area contributed by atoms with Crippen LogP contribution in [0.25, 0.3) is 0 Å². The summed E-state index contributed by atoms with van der Waals surface area (Å²) in [5, 5.41) is 0. The number of ether oxygens (including phenoxy) is 3. The third-order valence-corrected chi connectivity index (χ3v) is 16.2. The molecule has 0 aromatic carbocycles. The molecule has 0 N–H and O–H groups in total. The summed E-state index contributed by atoms with van der Waals surface area (Å²) in [5.41, 5.74) is 0. The smallest absolute Gasteiger partial charge is 0.306 e. The van der Waals surface area contributed by atoms with E-state index in [2.05, 4.69) is 81.5 Å². The van der Waals surface area contributed by atoms with E-state index in [0.717, 1.165) is 77.0 Å². The second-order valence-corrected chi connectivity index (χ2v) is 24.5. The monoisotopic (exact) mass is 1150 g/mol. The number of esters is 3. The maximum absolute atomic E-state index is 12.9. The fraction of sp³-hybridized carbons (Fsp3) is 0.829. The highest BCUT2D eigenvalue weighted by Crippen LogP contribution is 2.18. The van der Waals surface area contributed by atoms with Crippen molar-refractivity contribution in [3.05, 3.63) is 60.8 Å². The summed E-state index contributed by atoms with van der Waals surface area (Å²) >= 11 is 0. The van der Waals surface area contributed by atoms with Gasteiger partial charge in [-0.1, -0.05) is 319 Å². The SMILES string of the molecule is CCCCCCC/C=C\C/C=C\C/C=C\CCCCCCCCCCCCCCCCCCCCC(=O)OCC(COC(=O)CCCCCCC/C=C\CCCCCCC)OC(=O)CCCCCCCCC/C=C\CCCCCCCC. The van der Waals surface area contributed by atoms with Gasteiger partial charge in [0.05, 0.1) is 0 Å². The van der Waals surface area contributed by atoms with E-state index < -0.39 is 6.10 Å². The van der Waals surface area contributed by atoms with Gasteiger partial charge in [-0.05, 0) is 109 Å². The molecule has 0 spiro atoms. The summed E-state index contributed by atoms with van der Waals surface area (Å²) in [4.78, 5) is 38.4. The van der Waals surface area contributed by atoms with E-state index in [9.17, 15) is 14.4 Å². The Hall–Kier alpha value is -2.89. The molecule has 0 radical (unpaired) electrons. The lowest BCUT2D eigenvalue weighted by atomic mass is 10.0. The van der Waals surface area contributed by atoms with Crippen LogP contribution in [-0.2, 0) is 28.6 Å². The van der Waals surface area contributed by atoms with Crippen LogP contribution >= 0.6 is 0 Å². The topological polar surface area (TPSA) is 78.9 Å². The van der Waals surface area contributed by atoms with E-state index in [0.29, 0.717) is 19.3 Å². The minimum atomic E-state index is -0.779. The molecular formula is C76H138O6. The summed E-state index contributed by atoms with van der Waals surface area (Å²) in [6, 6.07) is 0. The van der Waals surface area contributed by atoms with Crippen LogP contribution in [0.1, 0.15) is 387 Å². The number of carbonyl (C=O) groups excluding carboxylic acids is 3. The van der Waals surface area contributed by atoms with Crippen LogP contribution < -0.4 is 0 Å². The summed E-state index contributed by atoms with van der Waals surface area (Å²) in [5.74, 6) is -0.865. The van der Waals surface area contributed by atoms with Gasteiger partial charge in [0.15, 0.2) is 6.10 Å². The highest BCUT2D eigenvalue weighted by atomic mass is 16.6. The Balaban J connectivity index is 4.16. The Morgan fingerprint density at radius 3 is 0.695 bits per heavy atom. The van der Waals surface area contributed by atoms with Crippen molar-refractivity contribution in [2.24, 2.45) is 0 Å². The molecule has 0 saturated heterocycles. The normalized spacial score (nSPS) is 12.4. The van der Waals surface area contributed by atoms with Crippen LogP contribution in [0.15, 0.2) is 60.8 Å². The summed E-state index contributed by atoms with van der Waals surface area (Å²) < 4.78 is 17.0. The fourth-order valence-electron chi connectivity index (χ4n) is 10.7. The molecule has 0 aromatic rings. The van der Waals surface area contributed by atoms with Crippen molar-refractivity contribution >= 4 is 17.9 Å². The molecule has 0 amide bonds. The predicted octanol–water partition coefficient (Wildman–Crippen LogP) is 25.1. The van der Waals surface area contributed by atoms with Gasteiger partial charge >= 0.3 is 17.9 Å². The minimum Gasteiger partial charge on any atom is -0.462 e. The molecular weight excluding hydrogens is 1010 g/mol. The number of hydrogen-bond acceptors (Lipinski definition) is 6. The van der Waals surface area contributed by atoms with Crippen LogP contribution in [-0.4, -0.2) is 37.2 Å². The van der Waals surface area contributed by atoms with Crippen molar-refractivity contribution in [1.29, 1.82) is 0 Å². The summed E-state index contributed by atoms with van der Waals surface area (Å²) in [6.45, 7) is 6.66. The molecule has 0 aliphatic heterocycles. The van der Waals surface area contributed by atoms with Crippen LogP contribution in [0.4, 0.5) is 0 Å². The average molecular weight is 1150 g/mol. The van der Waals surface area contributed by atoms with Crippen LogP contribution in [0, 0.1) is 0 Å². The Labute approximate surface area is 510 Å². The first-order chi connectivity index (χ1) is 40.5. The maximum Gasteiger partial charge on any atom is 0.306 e. The van der Waals surface area contributed by atoms with Gasteiger partial charge in [0, 0.05) is 19.3 Å². The van der Waals surface area contributed by atoms with E-state index in [1.54, 1.807) is 0 Å². The Morgan fingerprint density at radius 1 is 0.244 bits per heavy atom. The first kappa shape index (κ1) is 79.1. The van der Waals surface area contributed by atoms with Crippen molar-refractivity contribution in [1.82, 2.24) is 0 Å². The maximum atomic E-state index is 12.9. The molecule has 1 atom stereocenters. The molecule has 0 heterocycles. The highest BCUT2D eigenvalue weighted by molar-refractivity contribution is 5.71. The molecule has 0 bridgehead atoms. The number of rotatable bonds is 67. The zero-order valence-electron chi connectivity index (χ0n) is 55.0. The predicted molar refractivity (Wildman–Crippen MR) is 358 cm³/mol. The van der Waals surface area contributed by atoms with Gasteiger partial charge in [-0.25, -0.2) is 0 Å². The highest BCUT2D eigenvalue weighted by Gasteiger charge is 2.19. The van der Waals surface area contributed by atoms with Crippen LogP contribution in [0.2, 0.25) is 0 Å². The lowest BCUT2D eigenvalue weighted by Gasteiger charge is -2.18. The van der Waals surface area contributed by atoms with Crippen molar-refractivity contribution in [2.45, 2.75) is 393 Å². The molecule has 0 saturated carbocycles. The van der Waals surface area contributed by atoms with E-state index in [1.807, 2.05) is 0 Å². The van der Waals surface area contributed by atoms with Gasteiger partial charge in [0.2, 0.25) is 0 Å². The Bertz CT molecular complexity index is 1460. The van der Waals surface area contributed by atoms with Crippen molar-refractivity contribution in [2.75, 3.05) is 13.2 Å². The lowest BCUT2D eigenvalue weighted by molar-refractivity contribution is -0.167. The minimum absolute atomic E-state index is 0.0745. The third kappa shape index (κ3) is 67.9. The number of allylic oxidation sites excluding steroid dienone is 10. The van der Waals surface area contributed by atoms with Gasteiger partial charge in [-0.15, -0.1) is 0 Å². The number of unbranched alkanes of at least 4 members (excludes halogenated alkanes) is 46. The molecule has 0 fully saturated rings. The largest absolute Gasteiger partial charge is 0.462 e. The molecule has 0 aliphatic carbocycles. The van der Waals surface area contributed by atoms with Gasteiger partial charge in [-0.3, -0.25) is 14.4 Å². The molecule has 0 aliphatic rings. The average Bonchev–Trinajstić information content (AvgIpc) is 3.47. The molecule has 6 heteroatoms. The molecule has 0 aromatic heterocycles. The Kier molecular flexibility index (Phi) is 68.1. The molecule has 478 valence electrons. The number of hydrogen-bond donors (Lipinski definition) is 0. The second-order valence-electron chi connectivity index (χ2n) is 24.5. The van der Waals surface area contributed by atoms with Gasteiger partial charge in [0.25, 0.3) is 0 Å². The van der Waals surface area contributed by atoms with E-state index in [1.165, 1.54) is 270 Å². The molecule has 1 unspecified atom stereocenters. The fourth-order valence-corrected chi connectivity index (χ4v) is 10.7. The van der Waals surface area contributed by atoms with Gasteiger partial charge in [0.1, 0.15) is 13.2 Å². The van der Waals surface area contributed by atoms with E-state index in [4.69, 9.17) is 14.2 Å².